The van der Waals surface area contributed by atoms with Crippen LogP contribution in [0.2, 0.25) is 0 Å². The van der Waals surface area contributed by atoms with Crippen LogP contribution in [0.25, 0.3) is 0 Å². The summed E-state index contributed by atoms with van der Waals surface area (Å²) in [5.74, 6) is 1.77. The molecule has 0 atom stereocenters. The normalized spacial score (nSPS) is 15.2. The number of nitrogens with zero attached hydrogens (tertiary/aromatic N) is 5. The van der Waals surface area contributed by atoms with E-state index >= 15 is 0 Å². The Kier molecular flexibility index (Phi) is 8.86. The Morgan fingerprint density at radius 3 is 2.80 bits per heavy atom. The number of hydrogen-bond acceptors (Lipinski definition) is 5. The molecule has 162 valence electrons. The molecule has 1 aromatic heterocycles. The Morgan fingerprint density at radius 1 is 1.23 bits per heavy atom. The first-order valence-electron chi connectivity index (χ1n) is 10.7. The van der Waals surface area contributed by atoms with Crippen LogP contribution in [0.15, 0.2) is 48.2 Å². The average molecular weight is 412 g/mol. The summed E-state index contributed by atoms with van der Waals surface area (Å²) in [6.45, 7) is 13.2. The van der Waals surface area contributed by atoms with Crippen molar-refractivity contribution in [1.29, 1.82) is 0 Å². The molecule has 1 aliphatic rings. The summed E-state index contributed by atoms with van der Waals surface area (Å²) in [6, 6.07) is 8.54. The lowest BCUT2D eigenvalue weighted by Gasteiger charge is -2.27. The van der Waals surface area contributed by atoms with E-state index in [4.69, 9.17) is 9.73 Å². The van der Waals surface area contributed by atoms with Crippen LogP contribution in [0.1, 0.15) is 23.9 Å². The van der Waals surface area contributed by atoms with E-state index in [0.717, 1.165) is 64.1 Å². The van der Waals surface area contributed by atoms with Crippen LogP contribution in [0.5, 0.6) is 0 Å². The Bertz CT molecular complexity index is 811. The summed E-state index contributed by atoms with van der Waals surface area (Å²) in [5, 5.41) is 14.8. The van der Waals surface area contributed by atoms with Gasteiger partial charge in [0.15, 0.2) is 5.96 Å². The Hall–Kier alpha value is -2.71. The first-order valence-corrected chi connectivity index (χ1v) is 10.7. The van der Waals surface area contributed by atoms with E-state index in [1.54, 1.807) is 6.33 Å². The van der Waals surface area contributed by atoms with Crippen LogP contribution in [-0.4, -0.2) is 65.0 Å². The van der Waals surface area contributed by atoms with E-state index in [1.165, 1.54) is 11.1 Å². The number of benzene rings is 1. The highest BCUT2D eigenvalue weighted by Crippen LogP contribution is 2.14. The summed E-state index contributed by atoms with van der Waals surface area (Å²) >= 11 is 0. The molecular weight excluding hydrogens is 378 g/mol. The van der Waals surface area contributed by atoms with E-state index < -0.39 is 0 Å². The highest BCUT2D eigenvalue weighted by Gasteiger charge is 2.12. The van der Waals surface area contributed by atoms with E-state index in [9.17, 15) is 0 Å². The minimum absolute atomic E-state index is 0.625. The van der Waals surface area contributed by atoms with Gasteiger partial charge in [-0.25, -0.2) is 4.99 Å². The van der Waals surface area contributed by atoms with Gasteiger partial charge in [-0.15, -0.1) is 16.8 Å². The molecule has 1 saturated heterocycles. The molecule has 1 fully saturated rings. The molecule has 8 heteroatoms. The molecular formula is C22H33N7O. The Morgan fingerprint density at radius 2 is 2.03 bits per heavy atom. The second-order valence-electron chi connectivity index (χ2n) is 7.21. The maximum absolute atomic E-state index is 5.47. The quantitative estimate of drug-likeness (QED) is 0.351. The molecule has 2 aromatic rings. The van der Waals surface area contributed by atoms with Crippen molar-refractivity contribution in [2.24, 2.45) is 4.99 Å². The monoisotopic (exact) mass is 411 g/mol. The van der Waals surface area contributed by atoms with Crippen molar-refractivity contribution < 1.29 is 4.74 Å². The molecule has 0 unspecified atom stereocenters. The number of rotatable bonds is 10. The smallest absolute Gasteiger partial charge is 0.191 e. The van der Waals surface area contributed by atoms with Crippen LogP contribution < -0.4 is 10.6 Å². The topological polar surface area (TPSA) is 79.6 Å². The zero-order chi connectivity index (χ0) is 21.0. The third-order valence-corrected chi connectivity index (χ3v) is 5.09. The summed E-state index contributed by atoms with van der Waals surface area (Å²) in [4.78, 5) is 7.25. The maximum atomic E-state index is 5.47. The third-order valence-electron chi connectivity index (χ3n) is 5.09. The molecule has 2 heterocycles. The van der Waals surface area contributed by atoms with Crippen LogP contribution in [0, 0.1) is 0 Å². The number of aromatic nitrogens is 3. The lowest BCUT2D eigenvalue weighted by Crippen LogP contribution is -2.39. The van der Waals surface area contributed by atoms with Crippen molar-refractivity contribution in [3.05, 3.63) is 60.2 Å². The summed E-state index contributed by atoms with van der Waals surface area (Å²) in [7, 11) is 0. The molecule has 1 aliphatic heterocycles. The molecule has 0 spiro atoms. The van der Waals surface area contributed by atoms with Gasteiger partial charge < -0.3 is 19.9 Å². The average Bonchev–Trinajstić information content (AvgIpc) is 3.24. The van der Waals surface area contributed by atoms with Gasteiger partial charge in [0, 0.05) is 45.7 Å². The highest BCUT2D eigenvalue weighted by atomic mass is 16.5. The van der Waals surface area contributed by atoms with Crippen molar-refractivity contribution in [1.82, 2.24) is 30.3 Å². The van der Waals surface area contributed by atoms with Crippen molar-refractivity contribution in [2.75, 3.05) is 39.4 Å². The lowest BCUT2D eigenvalue weighted by atomic mass is 10.1. The van der Waals surface area contributed by atoms with E-state index in [0.29, 0.717) is 13.1 Å². The van der Waals surface area contributed by atoms with E-state index in [-0.39, 0.29) is 0 Å². The molecule has 0 aliphatic carbocycles. The van der Waals surface area contributed by atoms with Crippen molar-refractivity contribution in [3.63, 3.8) is 0 Å². The summed E-state index contributed by atoms with van der Waals surface area (Å²) in [6.07, 6.45) is 4.48. The third kappa shape index (κ3) is 6.67. The number of guanidine groups is 1. The van der Waals surface area contributed by atoms with E-state index in [1.807, 2.05) is 6.08 Å². The van der Waals surface area contributed by atoms with Crippen LogP contribution in [-0.2, 0) is 30.8 Å². The summed E-state index contributed by atoms with van der Waals surface area (Å²) < 4.78 is 7.53. The van der Waals surface area contributed by atoms with Crippen molar-refractivity contribution in [3.8, 4) is 0 Å². The fraction of sp³-hybridized carbons (Fsp3) is 0.500. The SMILES string of the molecule is C=CCNC(=NCc1ccccc1CN1CCOCC1)NCCn1cnnc1CC. The molecule has 0 saturated carbocycles. The molecule has 2 N–H and O–H groups in total. The van der Waals surface area contributed by atoms with Gasteiger partial charge in [0.25, 0.3) is 0 Å². The minimum Gasteiger partial charge on any atom is -0.379 e. The first-order chi connectivity index (χ1) is 14.8. The number of aryl methyl sites for hydroxylation is 1. The molecule has 0 amide bonds. The largest absolute Gasteiger partial charge is 0.379 e. The zero-order valence-electron chi connectivity index (χ0n) is 17.9. The van der Waals surface area contributed by atoms with Crippen molar-refractivity contribution >= 4 is 5.96 Å². The minimum atomic E-state index is 0.625. The molecule has 8 nitrogen and oxygen atoms in total. The zero-order valence-corrected chi connectivity index (χ0v) is 17.9. The lowest BCUT2D eigenvalue weighted by molar-refractivity contribution is 0.0341. The van der Waals surface area contributed by atoms with Crippen LogP contribution >= 0.6 is 0 Å². The van der Waals surface area contributed by atoms with Gasteiger partial charge in [0.1, 0.15) is 12.2 Å². The molecule has 0 radical (unpaired) electrons. The summed E-state index contributed by atoms with van der Waals surface area (Å²) in [5.41, 5.74) is 2.57. The van der Waals surface area contributed by atoms with Crippen LogP contribution in [0.3, 0.4) is 0 Å². The molecule has 1 aromatic carbocycles. The Balaban J connectivity index is 1.60. The van der Waals surface area contributed by atoms with Gasteiger partial charge in [-0.3, -0.25) is 4.90 Å². The van der Waals surface area contributed by atoms with Gasteiger partial charge in [0.05, 0.1) is 19.8 Å². The van der Waals surface area contributed by atoms with Gasteiger partial charge in [-0.1, -0.05) is 37.3 Å². The second-order valence-corrected chi connectivity index (χ2v) is 7.21. The van der Waals surface area contributed by atoms with Gasteiger partial charge in [0.2, 0.25) is 0 Å². The number of morpholine rings is 1. The number of nitrogens with one attached hydrogen (secondary N) is 2. The number of hydrogen-bond donors (Lipinski definition) is 2. The molecule has 0 bridgehead atoms. The predicted octanol–water partition coefficient (Wildman–Crippen LogP) is 1.59. The fourth-order valence-corrected chi connectivity index (χ4v) is 3.41. The fourth-order valence-electron chi connectivity index (χ4n) is 3.41. The number of ether oxygens (including phenoxy) is 1. The first kappa shape index (κ1) is 22.0. The van der Waals surface area contributed by atoms with Crippen LogP contribution in [0.4, 0.5) is 0 Å². The molecule has 30 heavy (non-hydrogen) atoms. The predicted molar refractivity (Wildman–Crippen MR) is 119 cm³/mol. The van der Waals surface area contributed by atoms with Crippen molar-refractivity contribution in [2.45, 2.75) is 33.0 Å². The van der Waals surface area contributed by atoms with Gasteiger partial charge in [-0.05, 0) is 11.1 Å². The highest BCUT2D eigenvalue weighted by molar-refractivity contribution is 5.79. The van der Waals surface area contributed by atoms with Gasteiger partial charge >= 0.3 is 0 Å². The van der Waals surface area contributed by atoms with Gasteiger partial charge in [-0.2, -0.15) is 0 Å². The number of aliphatic imine (C=N–C) groups is 1. The maximum Gasteiger partial charge on any atom is 0.191 e. The molecule has 3 rings (SSSR count). The standard InChI is InChI=1S/C22H33N7O/c1-3-9-23-22(24-10-11-29-18-26-27-21(29)4-2)25-16-19-7-5-6-8-20(19)17-28-12-14-30-15-13-28/h3,5-8,18H,1,4,9-17H2,2H3,(H2,23,24,25). The Labute approximate surface area is 179 Å². The second kappa shape index (κ2) is 12.1. The van der Waals surface area contributed by atoms with E-state index in [2.05, 4.69) is 68.1 Å².